The van der Waals surface area contributed by atoms with Crippen molar-refractivity contribution >= 4 is 0 Å². The number of hydrogen-bond donors (Lipinski definition) is 0. The van der Waals surface area contributed by atoms with Gasteiger partial charge in [0.1, 0.15) is 0 Å². The molecule has 0 aliphatic carbocycles. The lowest BCUT2D eigenvalue weighted by atomic mass is 10.2. The second-order valence-corrected chi connectivity index (χ2v) is 2.96. The third kappa shape index (κ3) is 1.88. The molecule has 70 valence electrons. The van der Waals surface area contributed by atoms with E-state index in [0.29, 0.717) is 0 Å². The van der Waals surface area contributed by atoms with Gasteiger partial charge in [-0.1, -0.05) is 18.2 Å². The predicted molar refractivity (Wildman–Crippen MR) is 51.6 cm³/mol. The van der Waals surface area contributed by atoms with Crippen LogP contribution in [-0.4, -0.2) is 4.98 Å². The molecule has 1 aromatic heterocycles. The van der Waals surface area contributed by atoms with Gasteiger partial charge in [0.15, 0.2) is 0 Å². The first-order valence-electron chi connectivity index (χ1n) is 4.41. The zero-order chi connectivity index (χ0) is 9.80. The summed E-state index contributed by atoms with van der Waals surface area (Å²) in [5, 5.41) is 0. The number of para-hydroxylation sites is 1. The molecule has 1 heterocycles. The molecule has 0 radical (unpaired) electrons. The third-order valence-electron chi connectivity index (χ3n) is 1.90. The highest BCUT2D eigenvalue weighted by Crippen LogP contribution is 2.14. The predicted octanol–water partition coefficient (Wildman–Crippen LogP) is 1.52. The van der Waals surface area contributed by atoms with E-state index in [1.54, 1.807) is 29.5 Å². The molecule has 14 heavy (non-hydrogen) atoms. The number of rotatable bonds is 2. The summed E-state index contributed by atoms with van der Waals surface area (Å²) in [7, 11) is 0. The zero-order valence-electron chi connectivity index (χ0n) is 7.92. The van der Waals surface area contributed by atoms with E-state index in [-0.39, 0.29) is 0 Å². The summed E-state index contributed by atoms with van der Waals surface area (Å²) in [5.74, 6) is 0.851. The van der Waals surface area contributed by atoms with Crippen molar-refractivity contribution in [3.63, 3.8) is 0 Å². The summed E-state index contributed by atoms with van der Waals surface area (Å²) in [4.78, 5) is 9.49. The fourth-order valence-electron chi connectivity index (χ4n) is 1.14. The van der Waals surface area contributed by atoms with Crippen LogP contribution in [0.4, 0.5) is 0 Å². The maximum absolute atomic E-state index is 5.59. The average Bonchev–Trinajstić information content (AvgIpc) is 2.23. The van der Waals surface area contributed by atoms with Crippen LogP contribution in [0.15, 0.2) is 49.1 Å². The first-order valence-corrected chi connectivity index (χ1v) is 4.41. The maximum Gasteiger partial charge on any atom is 0.241 e. The number of nitrogens with zero attached hydrogens (tertiary/aromatic N) is 2. The molecule has 0 saturated carbocycles. The lowest BCUT2D eigenvalue weighted by Gasteiger charge is -1.99. The van der Waals surface area contributed by atoms with Gasteiger partial charge < -0.3 is 0 Å². The summed E-state index contributed by atoms with van der Waals surface area (Å²) >= 11 is 0. The molecule has 0 spiro atoms. The van der Waals surface area contributed by atoms with Crippen LogP contribution in [0.1, 0.15) is 5.56 Å². The maximum atomic E-state index is 5.59. The Morgan fingerprint density at radius 1 is 1.14 bits per heavy atom. The molecule has 2 rings (SSSR count). The summed E-state index contributed by atoms with van der Waals surface area (Å²) in [5.41, 5.74) is 1.11. The van der Waals surface area contributed by atoms with Gasteiger partial charge in [0.25, 0.3) is 0 Å². The van der Waals surface area contributed by atoms with Crippen molar-refractivity contribution in [2.75, 3.05) is 0 Å². The first kappa shape index (κ1) is 8.69. The highest BCUT2D eigenvalue weighted by atomic mass is 16.7. The van der Waals surface area contributed by atoms with Crippen LogP contribution in [0.2, 0.25) is 0 Å². The summed E-state index contributed by atoms with van der Waals surface area (Å²) in [6.07, 6.45) is 6.87. The molecule has 1 aromatic carbocycles. The van der Waals surface area contributed by atoms with Gasteiger partial charge in [-0.25, -0.2) is 4.84 Å². The Bertz CT molecular complexity index is 415. The molecule has 0 fully saturated rings. The highest BCUT2D eigenvalue weighted by Gasteiger charge is 2.04. The van der Waals surface area contributed by atoms with Gasteiger partial charge in [0.2, 0.25) is 18.1 Å². The van der Waals surface area contributed by atoms with Crippen molar-refractivity contribution in [1.82, 2.24) is 4.98 Å². The van der Waals surface area contributed by atoms with Gasteiger partial charge in [0.05, 0.1) is 12.4 Å². The molecule has 0 unspecified atom stereocenters. The minimum atomic E-state index is 0.851. The lowest BCUT2D eigenvalue weighted by Crippen LogP contribution is -2.38. The standard InChI is InChI=1S/C11H11N2O/c1-10-4-2-3-5-11(10)14-13-8-6-12-7-9-13/h2-9H,1H3/q+1. The zero-order valence-corrected chi connectivity index (χ0v) is 7.92. The van der Waals surface area contributed by atoms with Crippen LogP contribution < -0.4 is 9.57 Å². The second-order valence-electron chi connectivity index (χ2n) is 2.96. The van der Waals surface area contributed by atoms with Crippen molar-refractivity contribution in [2.45, 2.75) is 6.92 Å². The van der Waals surface area contributed by atoms with Gasteiger partial charge in [-0.3, -0.25) is 4.98 Å². The van der Waals surface area contributed by atoms with Gasteiger partial charge in [-0.2, -0.15) is 0 Å². The smallest absolute Gasteiger partial charge is 0.241 e. The fourth-order valence-corrected chi connectivity index (χ4v) is 1.14. The topological polar surface area (TPSA) is 26.0 Å². The van der Waals surface area contributed by atoms with Crippen LogP contribution in [0.25, 0.3) is 0 Å². The lowest BCUT2D eigenvalue weighted by molar-refractivity contribution is -0.875. The largest absolute Gasteiger partial charge is 0.252 e. The Morgan fingerprint density at radius 3 is 2.57 bits per heavy atom. The summed E-state index contributed by atoms with van der Waals surface area (Å²) < 4.78 is 1.62. The fraction of sp³-hybridized carbons (Fsp3) is 0.0909. The molecule has 0 aliphatic heterocycles. The number of aromatic nitrogens is 2. The van der Waals surface area contributed by atoms with E-state index in [0.717, 1.165) is 11.3 Å². The van der Waals surface area contributed by atoms with E-state index in [9.17, 15) is 0 Å². The molecular formula is C11H11N2O+. The Kier molecular flexibility index (Phi) is 2.40. The minimum absolute atomic E-state index is 0.851. The number of aryl methyl sites for hydroxylation is 1. The van der Waals surface area contributed by atoms with Crippen LogP contribution in [0.3, 0.4) is 0 Å². The Balaban J connectivity index is 2.24. The Morgan fingerprint density at radius 2 is 1.86 bits per heavy atom. The van der Waals surface area contributed by atoms with E-state index in [4.69, 9.17) is 4.84 Å². The van der Waals surface area contributed by atoms with Crippen LogP contribution in [-0.2, 0) is 0 Å². The van der Waals surface area contributed by atoms with Crippen LogP contribution in [0.5, 0.6) is 5.75 Å². The van der Waals surface area contributed by atoms with Gasteiger partial charge in [-0.15, -0.1) is 0 Å². The minimum Gasteiger partial charge on any atom is -0.252 e. The normalized spacial score (nSPS) is 9.79. The molecule has 0 bridgehead atoms. The van der Waals surface area contributed by atoms with E-state index in [1.807, 2.05) is 31.2 Å². The van der Waals surface area contributed by atoms with Crippen molar-refractivity contribution in [1.29, 1.82) is 0 Å². The van der Waals surface area contributed by atoms with E-state index in [1.165, 1.54) is 0 Å². The van der Waals surface area contributed by atoms with Crippen molar-refractivity contribution in [3.8, 4) is 5.75 Å². The molecule has 0 N–H and O–H groups in total. The van der Waals surface area contributed by atoms with E-state index in [2.05, 4.69) is 4.98 Å². The van der Waals surface area contributed by atoms with Gasteiger partial charge >= 0.3 is 0 Å². The Labute approximate surface area is 82.6 Å². The summed E-state index contributed by atoms with van der Waals surface area (Å²) in [6.45, 7) is 2.01. The quantitative estimate of drug-likeness (QED) is 0.666. The monoisotopic (exact) mass is 187 g/mol. The van der Waals surface area contributed by atoms with E-state index < -0.39 is 0 Å². The highest BCUT2D eigenvalue weighted by molar-refractivity contribution is 5.30. The molecule has 3 nitrogen and oxygen atoms in total. The Hall–Kier alpha value is -1.90. The molecule has 0 amide bonds. The molecule has 0 aliphatic rings. The van der Waals surface area contributed by atoms with Crippen LogP contribution >= 0.6 is 0 Å². The number of benzene rings is 1. The molecule has 0 atom stereocenters. The SMILES string of the molecule is Cc1ccccc1O[n+]1ccncc1. The molecular weight excluding hydrogens is 176 g/mol. The second kappa shape index (κ2) is 3.87. The molecule has 3 heteroatoms. The van der Waals surface area contributed by atoms with Crippen LogP contribution in [0, 0.1) is 6.92 Å². The average molecular weight is 187 g/mol. The molecule has 0 saturated heterocycles. The van der Waals surface area contributed by atoms with E-state index >= 15 is 0 Å². The van der Waals surface area contributed by atoms with Crippen molar-refractivity contribution < 1.29 is 9.57 Å². The van der Waals surface area contributed by atoms with Gasteiger partial charge in [0, 0.05) is 4.73 Å². The third-order valence-corrected chi connectivity index (χ3v) is 1.90. The van der Waals surface area contributed by atoms with Gasteiger partial charge in [-0.05, 0) is 18.6 Å². The van der Waals surface area contributed by atoms with Crippen molar-refractivity contribution in [2.24, 2.45) is 0 Å². The summed E-state index contributed by atoms with van der Waals surface area (Å²) in [6, 6.07) is 7.88. The first-order chi connectivity index (χ1) is 6.86. The number of hydrogen-bond acceptors (Lipinski definition) is 2. The molecule has 2 aromatic rings. The van der Waals surface area contributed by atoms with Crippen molar-refractivity contribution in [3.05, 3.63) is 54.6 Å².